The molecule has 0 amide bonds. The van der Waals surface area contributed by atoms with Gasteiger partial charge in [-0.1, -0.05) is 19.1 Å². The third-order valence-corrected chi connectivity index (χ3v) is 4.22. The Morgan fingerprint density at radius 2 is 1.76 bits per heavy atom. The highest BCUT2D eigenvalue weighted by Crippen LogP contribution is 2.14. The van der Waals surface area contributed by atoms with Crippen molar-refractivity contribution in [1.29, 1.82) is 0 Å². The normalized spacial score (nSPS) is 19.2. The first kappa shape index (κ1) is 16.3. The van der Waals surface area contributed by atoms with Crippen molar-refractivity contribution in [3.63, 3.8) is 0 Å². The van der Waals surface area contributed by atoms with Crippen LogP contribution in [0, 0.1) is 5.92 Å². The number of hydrogen-bond donors (Lipinski definition) is 1. The molecule has 0 spiro atoms. The fourth-order valence-electron chi connectivity index (χ4n) is 2.87. The molecule has 2 rings (SSSR count). The minimum atomic E-state index is 0.595. The monoisotopic (exact) mass is 291 g/mol. The quantitative estimate of drug-likeness (QED) is 0.868. The number of methoxy groups -OCH3 is 1. The molecule has 1 aliphatic heterocycles. The highest BCUT2D eigenvalue weighted by Gasteiger charge is 2.16. The largest absolute Gasteiger partial charge is 0.497 e. The van der Waals surface area contributed by atoms with E-state index in [1.54, 1.807) is 7.11 Å². The molecule has 1 aliphatic rings. The SMILES string of the molecule is COc1ccc(CN2CCCN(CC(C)CN)CC2)cc1. The van der Waals surface area contributed by atoms with Gasteiger partial charge < -0.3 is 15.4 Å². The topological polar surface area (TPSA) is 41.7 Å². The molecule has 1 atom stereocenters. The first-order valence-corrected chi connectivity index (χ1v) is 7.99. The summed E-state index contributed by atoms with van der Waals surface area (Å²) in [6.07, 6.45) is 1.24. The molecular formula is C17H29N3O. The fourth-order valence-corrected chi connectivity index (χ4v) is 2.87. The Kier molecular flexibility index (Phi) is 6.49. The average Bonchev–Trinajstić information content (AvgIpc) is 2.73. The summed E-state index contributed by atoms with van der Waals surface area (Å²) in [6.45, 7) is 9.86. The van der Waals surface area contributed by atoms with Crippen molar-refractivity contribution < 1.29 is 4.74 Å². The van der Waals surface area contributed by atoms with E-state index in [9.17, 15) is 0 Å². The highest BCUT2D eigenvalue weighted by molar-refractivity contribution is 5.27. The zero-order valence-electron chi connectivity index (χ0n) is 13.4. The van der Waals surface area contributed by atoms with E-state index in [-0.39, 0.29) is 0 Å². The number of nitrogens with zero attached hydrogens (tertiary/aromatic N) is 2. The molecule has 1 aromatic rings. The molecular weight excluding hydrogens is 262 g/mol. The Hall–Kier alpha value is -1.10. The van der Waals surface area contributed by atoms with Crippen LogP contribution in [0.3, 0.4) is 0 Å². The van der Waals surface area contributed by atoms with E-state index in [0.717, 1.165) is 38.5 Å². The summed E-state index contributed by atoms with van der Waals surface area (Å²) in [5.74, 6) is 1.52. The van der Waals surface area contributed by atoms with Crippen molar-refractivity contribution in [1.82, 2.24) is 9.80 Å². The van der Waals surface area contributed by atoms with Gasteiger partial charge in [0.15, 0.2) is 0 Å². The lowest BCUT2D eigenvalue weighted by Gasteiger charge is -2.24. The molecule has 0 saturated carbocycles. The highest BCUT2D eigenvalue weighted by atomic mass is 16.5. The maximum absolute atomic E-state index is 5.73. The van der Waals surface area contributed by atoms with Crippen molar-refractivity contribution in [2.24, 2.45) is 11.7 Å². The van der Waals surface area contributed by atoms with Crippen LogP contribution in [0.2, 0.25) is 0 Å². The van der Waals surface area contributed by atoms with Crippen LogP contribution in [0.5, 0.6) is 5.75 Å². The first-order chi connectivity index (χ1) is 10.2. The van der Waals surface area contributed by atoms with Crippen LogP contribution >= 0.6 is 0 Å². The predicted molar refractivity (Wildman–Crippen MR) is 87.5 cm³/mol. The third-order valence-electron chi connectivity index (χ3n) is 4.22. The summed E-state index contributed by atoms with van der Waals surface area (Å²) in [5.41, 5.74) is 7.09. The van der Waals surface area contributed by atoms with E-state index in [1.165, 1.54) is 25.1 Å². The van der Waals surface area contributed by atoms with Gasteiger partial charge >= 0.3 is 0 Å². The second kappa shape index (κ2) is 8.37. The lowest BCUT2D eigenvalue weighted by atomic mass is 10.1. The van der Waals surface area contributed by atoms with Crippen LogP contribution in [0.15, 0.2) is 24.3 Å². The van der Waals surface area contributed by atoms with Gasteiger partial charge in [0.1, 0.15) is 5.75 Å². The molecule has 4 heteroatoms. The number of nitrogens with two attached hydrogens (primary N) is 1. The van der Waals surface area contributed by atoms with Gasteiger partial charge in [-0.15, -0.1) is 0 Å². The van der Waals surface area contributed by atoms with Gasteiger partial charge in [0.25, 0.3) is 0 Å². The Bertz CT molecular complexity index is 407. The Balaban J connectivity index is 1.82. The van der Waals surface area contributed by atoms with E-state index >= 15 is 0 Å². The second-order valence-corrected chi connectivity index (χ2v) is 6.12. The van der Waals surface area contributed by atoms with Crippen LogP contribution in [-0.2, 0) is 6.54 Å². The van der Waals surface area contributed by atoms with Gasteiger partial charge in [0.2, 0.25) is 0 Å². The minimum Gasteiger partial charge on any atom is -0.497 e. The summed E-state index contributed by atoms with van der Waals surface area (Å²) in [6, 6.07) is 8.42. The number of ether oxygens (including phenoxy) is 1. The maximum atomic E-state index is 5.73. The maximum Gasteiger partial charge on any atom is 0.118 e. The standard InChI is InChI=1S/C17H29N3O/c1-15(12-18)13-19-8-3-9-20(11-10-19)14-16-4-6-17(21-2)7-5-16/h4-7,15H,3,8-14,18H2,1-2H3. The van der Waals surface area contributed by atoms with Crippen molar-refractivity contribution in [2.75, 3.05) is 46.4 Å². The Labute approximate surface area is 128 Å². The van der Waals surface area contributed by atoms with Crippen molar-refractivity contribution in [3.8, 4) is 5.75 Å². The van der Waals surface area contributed by atoms with E-state index in [0.29, 0.717) is 5.92 Å². The molecule has 1 fully saturated rings. The average molecular weight is 291 g/mol. The van der Waals surface area contributed by atoms with Gasteiger partial charge in [0, 0.05) is 26.2 Å². The molecule has 1 saturated heterocycles. The van der Waals surface area contributed by atoms with Crippen LogP contribution in [0.4, 0.5) is 0 Å². The van der Waals surface area contributed by atoms with Gasteiger partial charge in [-0.05, 0) is 49.7 Å². The zero-order valence-corrected chi connectivity index (χ0v) is 13.4. The summed E-state index contributed by atoms with van der Waals surface area (Å²) in [7, 11) is 1.71. The molecule has 0 radical (unpaired) electrons. The lowest BCUT2D eigenvalue weighted by molar-refractivity contribution is 0.232. The Morgan fingerprint density at radius 3 is 2.43 bits per heavy atom. The molecule has 4 nitrogen and oxygen atoms in total. The smallest absolute Gasteiger partial charge is 0.118 e. The Morgan fingerprint density at radius 1 is 1.10 bits per heavy atom. The van der Waals surface area contributed by atoms with Crippen LogP contribution < -0.4 is 10.5 Å². The summed E-state index contributed by atoms with van der Waals surface area (Å²) in [4.78, 5) is 5.11. The van der Waals surface area contributed by atoms with Gasteiger partial charge in [0.05, 0.1) is 7.11 Å². The molecule has 1 heterocycles. The molecule has 1 unspecified atom stereocenters. The molecule has 118 valence electrons. The third kappa shape index (κ3) is 5.30. The number of hydrogen-bond acceptors (Lipinski definition) is 4. The molecule has 0 bridgehead atoms. The van der Waals surface area contributed by atoms with Crippen molar-refractivity contribution in [2.45, 2.75) is 19.9 Å². The summed E-state index contributed by atoms with van der Waals surface area (Å²) < 4.78 is 5.21. The number of rotatable bonds is 6. The van der Waals surface area contributed by atoms with Gasteiger partial charge in [-0.25, -0.2) is 0 Å². The van der Waals surface area contributed by atoms with E-state index in [2.05, 4.69) is 28.9 Å². The molecule has 1 aromatic carbocycles. The minimum absolute atomic E-state index is 0.595. The van der Waals surface area contributed by atoms with E-state index < -0.39 is 0 Å². The van der Waals surface area contributed by atoms with Crippen molar-refractivity contribution in [3.05, 3.63) is 29.8 Å². The zero-order chi connectivity index (χ0) is 15.1. The second-order valence-electron chi connectivity index (χ2n) is 6.12. The van der Waals surface area contributed by atoms with E-state index in [1.807, 2.05) is 12.1 Å². The predicted octanol–water partition coefficient (Wildman–Crippen LogP) is 1.80. The van der Waals surface area contributed by atoms with E-state index in [4.69, 9.17) is 10.5 Å². The molecule has 0 aliphatic carbocycles. The molecule has 21 heavy (non-hydrogen) atoms. The van der Waals surface area contributed by atoms with Crippen LogP contribution in [-0.4, -0.2) is 56.2 Å². The van der Waals surface area contributed by atoms with Gasteiger partial charge in [-0.3, -0.25) is 4.90 Å². The van der Waals surface area contributed by atoms with Crippen molar-refractivity contribution >= 4 is 0 Å². The lowest BCUT2D eigenvalue weighted by Crippen LogP contribution is -2.35. The molecule has 2 N–H and O–H groups in total. The summed E-state index contributed by atoms with van der Waals surface area (Å²) >= 11 is 0. The molecule has 0 aromatic heterocycles. The van der Waals surface area contributed by atoms with Crippen LogP contribution in [0.25, 0.3) is 0 Å². The van der Waals surface area contributed by atoms with Gasteiger partial charge in [-0.2, -0.15) is 0 Å². The van der Waals surface area contributed by atoms with Crippen LogP contribution in [0.1, 0.15) is 18.9 Å². The first-order valence-electron chi connectivity index (χ1n) is 7.99. The fraction of sp³-hybridized carbons (Fsp3) is 0.647. The number of benzene rings is 1. The summed E-state index contributed by atoms with van der Waals surface area (Å²) in [5, 5.41) is 0.